The Morgan fingerprint density at radius 2 is 1.76 bits per heavy atom. The highest BCUT2D eigenvalue weighted by molar-refractivity contribution is 5.99. The summed E-state index contributed by atoms with van der Waals surface area (Å²) in [5.74, 6) is -0.580. The van der Waals surface area contributed by atoms with Crippen LogP contribution >= 0.6 is 0 Å². The number of rotatable bonds is 10. The Hall–Kier alpha value is -4.81. The van der Waals surface area contributed by atoms with Gasteiger partial charge in [-0.15, -0.1) is 13.2 Å². The predicted molar refractivity (Wildman–Crippen MR) is 133 cm³/mol. The van der Waals surface area contributed by atoms with Crippen molar-refractivity contribution < 1.29 is 27.5 Å². The van der Waals surface area contributed by atoms with Crippen LogP contribution in [0.5, 0.6) is 5.75 Å². The van der Waals surface area contributed by atoms with Gasteiger partial charge in [0.05, 0.1) is 6.33 Å². The highest BCUT2D eigenvalue weighted by Crippen LogP contribution is 2.24. The Balaban J connectivity index is 1.40. The molecule has 10 nitrogen and oxygen atoms in total. The van der Waals surface area contributed by atoms with Gasteiger partial charge in [0.15, 0.2) is 5.82 Å². The normalized spacial score (nSPS) is 11.1. The van der Waals surface area contributed by atoms with Crippen LogP contribution in [0.1, 0.15) is 22.6 Å². The third-order valence-electron chi connectivity index (χ3n) is 5.20. The van der Waals surface area contributed by atoms with Crippen LogP contribution in [0.3, 0.4) is 0 Å². The second-order valence-electron chi connectivity index (χ2n) is 8.12. The molecule has 38 heavy (non-hydrogen) atoms. The van der Waals surface area contributed by atoms with E-state index in [2.05, 4.69) is 30.7 Å². The lowest BCUT2D eigenvalue weighted by Gasteiger charge is -2.10. The number of hydrogen-bond donors (Lipinski definition) is 3. The lowest BCUT2D eigenvalue weighted by molar-refractivity contribution is -0.274. The molecule has 0 radical (unpaired) electrons. The van der Waals surface area contributed by atoms with E-state index in [4.69, 9.17) is 0 Å². The molecule has 0 aliphatic rings. The van der Waals surface area contributed by atoms with Gasteiger partial charge in [-0.1, -0.05) is 30.3 Å². The number of urea groups is 1. The zero-order valence-electron chi connectivity index (χ0n) is 20.0. The maximum Gasteiger partial charge on any atom is 0.573 e. The number of imidazole rings is 2. The van der Waals surface area contributed by atoms with Gasteiger partial charge in [-0.2, -0.15) is 0 Å². The Morgan fingerprint density at radius 3 is 2.45 bits per heavy atom. The molecule has 4 rings (SSSR count). The number of carbonyl (C=O) groups excluding carboxylic acids is 2. The number of ether oxygens (including phenoxy) is 1. The number of nitrogens with zero attached hydrogens (tertiary/aromatic N) is 4. The largest absolute Gasteiger partial charge is 0.573 e. The van der Waals surface area contributed by atoms with E-state index in [1.807, 2.05) is 41.1 Å². The van der Waals surface area contributed by atoms with E-state index in [9.17, 15) is 22.8 Å². The molecule has 0 fully saturated rings. The number of aromatic nitrogens is 4. The summed E-state index contributed by atoms with van der Waals surface area (Å²) in [4.78, 5) is 33.7. The van der Waals surface area contributed by atoms with Crippen molar-refractivity contribution in [1.29, 1.82) is 0 Å². The van der Waals surface area contributed by atoms with Gasteiger partial charge in [-0.3, -0.25) is 10.1 Å². The molecule has 0 aliphatic carbocycles. The quantitative estimate of drug-likeness (QED) is 0.263. The molecular weight excluding hydrogens is 503 g/mol. The summed E-state index contributed by atoms with van der Waals surface area (Å²) in [6.07, 6.45) is 2.62. The van der Waals surface area contributed by atoms with Crippen molar-refractivity contribution in [2.75, 3.05) is 17.2 Å². The van der Waals surface area contributed by atoms with Crippen LogP contribution < -0.4 is 20.7 Å². The van der Waals surface area contributed by atoms with Crippen LogP contribution in [0.2, 0.25) is 0 Å². The van der Waals surface area contributed by atoms with Crippen LogP contribution in [-0.4, -0.2) is 43.9 Å². The SMILES string of the molecule is O=C(Nc1ccc(OC(F)(F)F)cc1)Nc1cn(Cc2ccccc2)c(C(=O)NCCCn2ccnc2)n1. The smallest absolute Gasteiger partial charge is 0.406 e. The maximum atomic E-state index is 12.9. The predicted octanol–water partition coefficient (Wildman–Crippen LogP) is 4.49. The van der Waals surface area contributed by atoms with Gasteiger partial charge in [0.1, 0.15) is 5.75 Å². The van der Waals surface area contributed by atoms with Crippen LogP contribution in [-0.2, 0) is 13.1 Å². The monoisotopic (exact) mass is 527 g/mol. The zero-order valence-corrected chi connectivity index (χ0v) is 20.0. The number of hydrogen-bond acceptors (Lipinski definition) is 5. The topological polar surface area (TPSA) is 115 Å². The number of carbonyl (C=O) groups is 2. The number of alkyl halides is 3. The lowest BCUT2D eigenvalue weighted by atomic mass is 10.2. The molecule has 2 aromatic heterocycles. The second kappa shape index (κ2) is 12.0. The first-order valence-corrected chi connectivity index (χ1v) is 11.5. The molecule has 0 spiro atoms. The first-order chi connectivity index (χ1) is 18.2. The van der Waals surface area contributed by atoms with Crippen molar-refractivity contribution in [3.8, 4) is 5.75 Å². The Labute approximate surface area is 215 Å². The fourth-order valence-electron chi connectivity index (χ4n) is 3.54. The van der Waals surface area contributed by atoms with Crippen molar-refractivity contribution in [2.24, 2.45) is 0 Å². The number of halogens is 3. The van der Waals surface area contributed by atoms with E-state index >= 15 is 0 Å². The van der Waals surface area contributed by atoms with Crippen molar-refractivity contribution >= 4 is 23.4 Å². The standard InChI is InChI=1S/C25H24F3N7O3/c26-25(27,28)38-20-9-7-19(8-10-20)31-24(37)33-21-16-35(15-18-5-2-1-3-6-18)22(32-21)23(36)30-11-4-13-34-14-12-29-17-34/h1-3,5-10,12,14,16-17H,4,11,13,15H2,(H,30,36)(H2,31,33,37). The fourth-order valence-corrected chi connectivity index (χ4v) is 3.54. The van der Waals surface area contributed by atoms with Crippen LogP contribution in [0.4, 0.5) is 29.5 Å². The minimum atomic E-state index is -4.81. The van der Waals surface area contributed by atoms with Crippen LogP contribution in [0.25, 0.3) is 0 Å². The summed E-state index contributed by atoms with van der Waals surface area (Å²) in [6.45, 7) is 1.44. The fraction of sp³-hybridized carbons (Fsp3) is 0.200. The van der Waals surface area contributed by atoms with Gasteiger partial charge in [0, 0.05) is 43.9 Å². The zero-order chi connectivity index (χ0) is 27.0. The molecular formula is C25H24F3N7O3. The summed E-state index contributed by atoms with van der Waals surface area (Å²) in [5.41, 5.74) is 1.16. The van der Waals surface area contributed by atoms with Crippen molar-refractivity contribution in [3.63, 3.8) is 0 Å². The molecule has 13 heteroatoms. The summed E-state index contributed by atoms with van der Waals surface area (Å²) < 4.78 is 44.3. The third-order valence-corrected chi connectivity index (χ3v) is 5.20. The second-order valence-corrected chi connectivity index (χ2v) is 8.12. The molecule has 0 unspecified atom stereocenters. The minimum Gasteiger partial charge on any atom is -0.406 e. The Kier molecular flexibility index (Phi) is 8.26. The molecule has 3 N–H and O–H groups in total. The highest BCUT2D eigenvalue weighted by Gasteiger charge is 2.31. The van der Waals surface area contributed by atoms with Gasteiger partial charge in [0.25, 0.3) is 5.91 Å². The average Bonchev–Trinajstić information content (AvgIpc) is 3.53. The van der Waals surface area contributed by atoms with Crippen LogP contribution in [0, 0.1) is 0 Å². The van der Waals surface area contributed by atoms with E-state index < -0.39 is 24.1 Å². The first-order valence-electron chi connectivity index (χ1n) is 11.5. The van der Waals surface area contributed by atoms with Gasteiger partial charge < -0.3 is 24.5 Å². The molecule has 0 atom stereocenters. The van der Waals surface area contributed by atoms with E-state index in [-0.39, 0.29) is 17.3 Å². The maximum absolute atomic E-state index is 12.9. The third kappa shape index (κ3) is 7.85. The summed E-state index contributed by atoms with van der Waals surface area (Å²) >= 11 is 0. The molecule has 3 amide bonds. The average molecular weight is 528 g/mol. The molecule has 0 saturated heterocycles. The van der Waals surface area contributed by atoms with Gasteiger partial charge in [0.2, 0.25) is 5.82 Å². The molecule has 0 bridgehead atoms. The molecule has 0 saturated carbocycles. The van der Waals surface area contributed by atoms with E-state index in [1.54, 1.807) is 17.1 Å². The lowest BCUT2D eigenvalue weighted by Crippen LogP contribution is -2.28. The van der Waals surface area contributed by atoms with E-state index in [1.165, 1.54) is 18.3 Å². The van der Waals surface area contributed by atoms with Gasteiger partial charge in [-0.05, 0) is 36.2 Å². The number of aryl methyl sites for hydroxylation is 1. The molecule has 2 aromatic carbocycles. The van der Waals surface area contributed by atoms with Crippen LogP contribution in [0.15, 0.2) is 79.5 Å². The van der Waals surface area contributed by atoms with Crippen molar-refractivity contribution in [1.82, 2.24) is 24.4 Å². The minimum absolute atomic E-state index is 0.112. The number of nitrogens with one attached hydrogen (secondary N) is 3. The molecule has 4 aromatic rings. The van der Waals surface area contributed by atoms with Crippen molar-refractivity contribution in [3.05, 3.63) is 90.9 Å². The highest BCUT2D eigenvalue weighted by atomic mass is 19.4. The number of benzene rings is 2. The Morgan fingerprint density at radius 1 is 1.00 bits per heavy atom. The Bertz CT molecular complexity index is 1340. The molecule has 0 aliphatic heterocycles. The van der Waals surface area contributed by atoms with Gasteiger partial charge >= 0.3 is 12.4 Å². The first kappa shape index (κ1) is 26.3. The summed E-state index contributed by atoms with van der Waals surface area (Å²) in [6, 6.07) is 13.4. The summed E-state index contributed by atoms with van der Waals surface area (Å²) in [5, 5.41) is 7.89. The molecule has 2 heterocycles. The van der Waals surface area contributed by atoms with Gasteiger partial charge in [-0.25, -0.2) is 14.8 Å². The molecule has 198 valence electrons. The summed E-state index contributed by atoms with van der Waals surface area (Å²) in [7, 11) is 0. The number of anilines is 2. The van der Waals surface area contributed by atoms with E-state index in [0.29, 0.717) is 26.1 Å². The van der Waals surface area contributed by atoms with Crippen molar-refractivity contribution in [2.45, 2.75) is 25.9 Å². The number of amides is 3. The van der Waals surface area contributed by atoms with E-state index in [0.717, 1.165) is 17.7 Å².